The van der Waals surface area contributed by atoms with Crippen molar-refractivity contribution >= 4 is 27.5 Å². The fourth-order valence-electron chi connectivity index (χ4n) is 2.86. The highest BCUT2D eigenvalue weighted by atomic mass is 32.2. The zero-order valence-corrected chi connectivity index (χ0v) is 17.8. The molecule has 2 aromatic carbocycles. The summed E-state index contributed by atoms with van der Waals surface area (Å²) in [6.07, 6.45) is 0. The number of sulfonamides is 1. The molecule has 0 fully saturated rings. The van der Waals surface area contributed by atoms with E-state index in [0.29, 0.717) is 5.69 Å². The van der Waals surface area contributed by atoms with Crippen molar-refractivity contribution in [2.75, 3.05) is 26.0 Å². The molecule has 0 aliphatic carbocycles. The van der Waals surface area contributed by atoms with Gasteiger partial charge in [-0.15, -0.1) is 0 Å². The summed E-state index contributed by atoms with van der Waals surface area (Å²) in [5, 5.41) is 5.17. The zero-order valence-electron chi connectivity index (χ0n) is 17.0. The molecule has 0 aromatic heterocycles. The molecule has 2 rings (SSSR count). The number of hydrogen-bond acceptors (Lipinski definition) is 4. The van der Waals surface area contributed by atoms with Gasteiger partial charge in [0.05, 0.1) is 6.54 Å². The van der Waals surface area contributed by atoms with E-state index >= 15 is 0 Å². The summed E-state index contributed by atoms with van der Waals surface area (Å²) in [5.74, 6) is -2.08. The first-order valence-corrected chi connectivity index (χ1v) is 10.3. The van der Waals surface area contributed by atoms with Crippen molar-refractivity contribution in [3.63, 3.8) is 0 Å². The van der Waals surface area contributed by atoms with Crippen LogP contribution in [0.1, 0.15) is 27.0 Å². The first kappa shape index (κ1) is 22.5. The van der Waals surface area contributed by atoms with Crippen LogP contribution < -0.4 is 10.6 Å². The van der Waals surface area contributed by atoms with E-state index in [2.05, 4.69) is 10.6 Å². The Kier molecular flexibility index (Phi) is 6.76. The fraction of sp³-hybridized carbons (Fsp3) is 0.300. The van der Waals surface area contributed by atoms with E-state index < -0.39 is 32.6 Å². The molecule has 0 spiro atoms. The van der Waals surface area contributed by atoms with Crippen LogP contribution in [0.4, 0.5) is 10.1 Å². The molecule has 0 saturated carbocycles. The van der Waals surface area contributed by atoms with Gasteiger partial charge in [0, 0.05) is 25.3 Å². The first-order valence-electron chi connectivity index (χ1n) is 8.81. The quantitative estimate of drug-likeness (QED) is 0.749. The highest BCUT2D eigenvalue weighted by Gasteiger charge is 2.23. The number of nitrogens with one attached hydrogen (secondary N) is 2. The van der Waals surface area contributed by atoms with Crippen LogP contribution in [0.25, 0.3) is 0 Å². The number of amides is 2. The standard InChI is InChI=1S/C20H24FN3O4S/c1-12-8-13(2)19(14(3)9-12)23-18(25)11-22-20(26)15-6-7-16(21)17(10-15)29(27,28)24(4)5/h6-10H,11H2,1-5H3,(H,22,26)(H,23,25). The second kappa shape index (κ2) is 8.71. The highest BCUT2D eigenvalue weighted by molar-refractivity contribution is 7.89. The Labute approximate surface area is 170 Å². The number of hydrogen-bond donors (Lipinski definition) is 2. The Hall–Kier alpha value is -2.78. The van der Waals surface area contributed by atoms with Gasteiger partial charge < -0.3 is 10.6 Å². The molecule has 2 amide bonds. The third kappa shape index (κ3) is 5.18. The average Bonchev–Trinajstić information content (AvgIpc) is 2.62. The second-order valence-corrected chi connectivity index (χ2v) is 9.06. The van der Waals surface area contributed by atoms with Gasteiger partial charge in [-0.1, -0.05) is 17.7 Å². The normalized spacial score (nSPS) is 11.4. The number of rotatable bonds is 6. The topological polar surface area (TPSA) is 95.6 Å². The van der Waals surface area contributed by atoms with Gasteiger partial charge in [-0.2, -0.15) is 0 Å². The van der Waals surface area contributed by atoms with Crippen molar-refractivity contribution in [2.24, 2.45) is 0 Å². The third-order valence-electron chi connectivity index (χ3n) is 4.30. The molecule has 2 aromatic rings. The van der Waals surface area contributed by atoms with Crippen LogP contribution in [0.3, 0.4) is 0 Å². The summed E-state index contributed by atoms with van der Waals surface area (Å²) in [6.45, 7) is 5.39. The largest absolute Gasteiger partial charge is 0.343 e. The SMILES string of the molecule is Cc1cc(C)c(NC(=O)CNC(=O)c2ccc(F)c(S(=O)(=O)N(C)C)c2)c(C)c1. The molecular weight excluding hydrogens is 397 g/mol. The van der Waals surface area contributed by atoms with Crippen molar-refractivity contribution < 1.29 is 22.4 Å². The fourth-order valence-corrected chi connectivity index (χ4v) is 3.85. The average molecular weight is 421 g/mol. The lowest BCUT2D eigenvalue weighted by molar-refractivity contribution is -0.115. The van der Waals surface area contributed by atoms with Crippen LogP contribution in [0, 0.1) is 26.6 Å². The van der Waals surface area contributed by atoms with E-state index in [1.807, 2.05) is 32.9 Å². The lowest BCUT2D eigenvalue weighted by Gasteiger charge is -2.14. The lowest BCUT2D eigenvalue weighted by atomic mass is 10.1. The molecular formula is C20H24FN3O4S. The molecule has 0 aliphatic rings. The molecule has 0 radical (unpaired) electrons. The summed E-state index contributed by atoms with van der Waals surface area (Å²) >= 11 is 0. The summed E-state index contributed by atoms with van der Waals surface area (Å²) in [6, 6.07) is 6.89. The Morgan fingerprint density at radius 1 is 1.03 bits per heavy atom. The minimum absolute atomic E-state index is 0.0673. The van der Waals surface area contributed by atoms with Crippen LogP contribution in [0.2, 0.25) is 0 Å². The molecule has 9 heteroatoms. The second-order valence-electron chi connectivity index (χ2n) is 6.94. The van der Waals surface area contributed by atoms with Gasteiger partial charge in [-0.05, 0) is 50.1 Å². The maximum absolute atomic E-state index is 13.9. The Bertz CT molecular complexity index is 1040. The van der Waals surface area contributed by atoms with E-state index in [0.717, 1.165) is 39.2 Å². The number of carbonyl (C=O) groups is 2. The van der Waals surface area contributed by atoms with Gasteiger partial charge in [-0.3, -0.25) is 9.59 Å². The predicted octanol–water partition coefficient (Wildman–Crippen LogP) is 2.37. The van der Waals surface area contributed by atoms with E-state index in [1.165, 1.54) is 14.1 Å². The molecule has 29 heavy (non-hydrogen) atoms. The molecule has 0 heterocycles. The van der Waals surface area contributed by atoms with Crippen LogP contribution in [0.15, 0.2) is 35.2 Å². The number of anilines is 1. The Morgan fingerprint density at radius 3 is 2.17 bits per heavy atom. The van der Waals surface area contributed by atoms with E-state index in [-0.39, 0.29) is 12.1 Å². The maximum Gasteiger partial charge on any atom is 0.251 e. The number of carbonyl (C=O) groups excluding carboxylic acids is 2. The van der Waals surface area contributed by atoms with Crippen LogP contribution in [0.5, 0.6) is 0 Å². The van der Waals surface area contributed by atoms with Gasteiger partial charge in [-0.25, -0.2) is 17.1 Å². The van der Waals surface area contributed by atoms with Gasteiger partial charge in [0.25, 0.3) is 5.91 Å². The Balaban J connectivity index is 2.11. The van der Waals surface area contributed by atoms with E-state index in [9.17, 15) is 22.4 Å². The van der Waals surface area contributed by atoms with Crippen molar-refractivity contribution in [2.45, 2.75) is 25.7 Å². The number of halogens is 1. The maximum atomic E-state index is 13.9. The van der Waals surface area contributed by atoms with E-state index in [1.54, 1.807) is 0 Å². The minimum Gasteiger partial charge on any atom is -0.343 e. The Morgan fingerprint density at radius 2 is 1.62 bits per heavy atom. The van der Waals surface area contributed by atoms with Crippen LogP contribution >= 0.6 is 0 Å². The predicted molar refractivity (Wildman–Crippen MR) is 109 cm³/mol. The molecule has 0 atom stereocenters. The molecule has 0 aliphatic heterocycles. The van der Waals surface area contributed by atoms with Gasteiger partial charge in [0.2, 0.25) is 15.9 Å². The molecule has 156 valence electrons. The van der Waals surface area contributed by atoms with Crippen molar-refractivity contribution in [3.8, 4) is 0 Å². The van der Waals surface area contributed by atoms with Gasteiger partial charge in [0.1, 0.15) is 10.7 Å². The minimum atomic E-state index is -4.05. The molecule has 2 N–H and O–H groups in total. The monoisotopic (exact) mass is 421 g/mol. The lowest BCUT2D eigenvalue weighted by Crippen LogP contribution is -2.33. The molecule has 0 saturated heterocycles. The first-order chi connectivity index (χ1) is 13.4. The smallest absolute Gasteiger partial charge is 0.251 e. The van der Waals surface area contributed by atoms with Gasteiger partial charge >= 0.3 is 0 Å². The number of nitrogens with zero attached hydrogens (tertiary/aromatic N) is 1. The number of aryl methyl sites for hydroxylation is 3. The summed E-state index contributed by atoms with van der Waals surface area (Å²) in [7, 11) is -1.52. The molecule has 7 nitrogen and oxygen atoms in total. The van der Waals surface area contributed by atoms with Crippen molar-refractivity contribution in [1.29, 1.82) is 0 Å². The van der Waals surface area contributed by atoms with E-state index in [4.69, 9.17) is 0 Å². The summed E-state index contributed by atoms with van der Waals surface area (Å²) < 4.78 is 39.2. The number of benzene rings is 2. The summed E-state index contributed by atoms with van der Waals surface area (Å²) in [5.41, 5.74) is 3.49. The zero-order chi connectivity index (χ0) is 21.9. The summed E-state index contributed by atoms with van der Waals surface area (Å²) in [4.78, 5) is 23.9. The van der Waals surface area contributed by atoms with Crippen molar-refractivity contribution in [3.05, 3.63) is 58.4 Å². The third-order valence-corrected chi connectivity index (χ3v) is 6.13. The van der Waals surface area contributed by atoms with Crippen LogP contribution in [-0.4, -0.2) is 45.2 Å². The van der Waals surface area contributed by atoms with Gasteiger partial charge in [0.15, 0.2) is 0 Å². The van der Waals surface area contributed by atoms with Crippen LogP contribution in [-0.2, 0) is 14.8 Å². The van der Waals surface area contributed by atoms with Crippen molar-refractivity contribution in [1.82, 2.24) is 9.62 Å². The molecule has 0 bridgehead atoms. The highest BCUT2D eigenvalue weighted by Crippen LogP contribution is 2.22. The molecule has 0 unspecified atom stereocenters.